The van der Waals surface area contributed by atoms with E-state index in [0.29, 0.717) is 46.2 Å². The first-order chi connectivity index (χ1) is 15.6. The Morgan fingerprint density at radius 1 is 0.719 bits per heavy atom. The van der Waals surface area contributed by atoms with E-state index in [4.69, 9.17) is 23.7 Å². The minimum Gasteiger partial charge on any atom is -0.382 e. The molecule has 0 aromatic carbocycles. The van der Waals surface area contributed by atoms with Gasteiger partial charge < -0.3 is 39.2 Å². The second-order valence-corrected chi connectivity index (χ2v) is 7.36. The summed E-state index contributed by atoms with van der Waals surface area (Å²) < 4.78 is 26.3. The van der Waals surface area contributed by atoms with Gasteiger partial charge in [0.05, 0.1) is 39.6 Å². The van der Waals surface area contributed by atoms with Crippen molar-refractivity contribution in [2.75, 3.05) is 100 Å². The zero-order valence-electron chi connectivity index (χ0n) is 20.3. The van der Waals surface area contributed by atoms with Crippen LogP contribution in [0.1, 0.15) is 32.1 Å². The summed E-state index contributed by atoms with van der Waals surface area (Å²) in [4.78, 5) is 25.2. The maximum atomic E-state index is 12.0. The van der Waals surface area contributed by atoms with Crippen molar-refractivity contribution < 1.29 is 33.3 Å². The Labute approximate surface area is 193 Å². The minimum atomic E-state index is -0.126. The van der Waals surface area contributed by atoms with Crippen molar-refractivity contribution in [3.63, 3.8) is 0 Å². The van der Waals surface area contributed by atoms with E-state index in [9.17, 15) is 9.59 Å². The SMILES string of the molecule is CNCCCNC(=O)COCCOCCOCC(=O)N(C)CCCCCCOCCOC. The van der Waals surface area contributed by atoms with E-state index >= 15 is 0 Å². The van der Waals surface area contributed by atoms with Crippen LogP contribution in [0.15, 0.2) is 0 Å². The highest BCUT2D eigenvalue weighted by molar-refractivity contribution is 5.77. The molecule has 2 amide bonds. The van der Waals surface area contributed by atoms with Crippen molar-refractivity contribution in [3.8, 4) is 0 Å². The Bertz CT molecular complexity index is 442. The Morgan fingerprint density at radius 3 is 2.06 bits per heavy atom. The number of hydrogen-bond acceptors (Lipinski definition) is 8. The lowest BCUT2D eigenvalue weighted by atomic mass is 10.2. The van der Waals surface area contributed by atoms with E-state index in [1.807, 2.05) is 7.05 Å². The Hall–Kier alpha value is -1.30. The molecule has 2 N–H and O–H groups in total. The molecule has 0 saturated heterocycles. The second-order valence-electron chi connectivity index (χ2n) is 7.36. The molecule has 190 valence electrons. The molecular formula is C22H45N3O7. The predicted molar refractivity (Wildman–Crippen MR) is 123 cm³/mol. The highest BCUT2D eigenvalue weighted by atomic mass is 16.5. The molecule has 0 saturated carbocycles. The molecule has 0 aliphatic carbocycles. The van der Waals surface area contributed by atoms with E-state index in [1.54, 1.807) is 19.1 Å². The summed E-state index contributed by atoms with van der Waals surface area (Å²) in [6.45, 7) is 5.78. The van der Waals surface area contributed by atoms with E-state index in [0.717, 1.165) is 51.8 Å². The van der Waals surface area contributed by atoms with Crippen molar-refractivity contribution in [1.29, 1.82) is 0 Å². The zero-order chi connectivity index (χ0) is 23.7. The van der Waals surface area contributed by atoms with Crippen LogP contribution in [0, 0.1) is 0 Å². The molecule has 0 aromatic rings. The summed E-state index contributed by atoms with van der Waals surface area (Å²) in [5, 5.41) is 5.79. The lowest BCUT2D eigenvalue weighted by Gasteiger charge is -2.17. The van der Waals surface area contributed by atoms with Gasteiger partial charge in [-0.15, -0.1) is 0 Å². The molecular weight excluding hydrogens is 418 g/mol. The standard InChI is InChI=1S/C22H45N3O7/c1-23-9-8-10-24-21(26)19-31-17-15-30-16-18-32-20-22(27)25(2)11-6-4-5-7-12-29-14-13-28-3/h23H,4-20H2,1-3H3,(H,24,26). The quantitative estimate of drug-likeness (QED) is 0.199. The lowest BCUT2D eigenvalue weighted by molar-refractivity contribution is -0.135. The average Bonchev–Trinajstić information content (AvgIpc) is 2.79. The van der Waals surface area contributed by atoms with Crippen LogP contribution in [-0.2, 0) is 33.3 Å². The van der Waals surface area contributed by atoms with Crippen LogP contribution < -0.4 is 10.6 Å². The highest BCUT2D eigenvalue weighted by Gasteiger charge is 2.08. The van der Waals surface area contributed by atoms with Gasteiger partial charge in [-0.3, -0.25) is 9.59 Å². The van der Waals surface area contributed by atoms with Crippen LogP contribution in [-0.4, -0.2) is 117 Å². The summed E-state index contributed by atoms with van der Waals surface area (Å²) in [7, 11) is 5.33. The van der Waals surface area contributed by atoms with Crippen molar-refractivity contribution in [3.05, 3.63) is 0 Å². The van der Waals surface area contributed by atoms with Crippen LogP contribution in [0.5, 0.6) is 0 Å². The van der Waals surface area contributed by atoms with E-state index in [1.165, 1.54) is 0 Å². The fraction of sp³-hybridized carbons (Fsp3) is 0.909. The van der Waals surface area contributed by atoms with E-state index in [-0.39, 0.29) is 25.0 Å². The van der Waals surface area contributed by atoms with E-state index < -0.39 is 0 Å². The number of unbranched alkanes of at least 4 members (excludes halogenated alkanes) is 3. The van der Waals surface area contributed by atoms with Gasteiger partial charge >= 0.3 is 0 Å². The number of hydrogen-bond donors (Lipinski definition) is 2. The van der Waals surface area contributed by atoms with Crippen LogP contribution in [0.25, 0.3) is 0 Å². The summed E-state index contributed by atoms with van der Waals surface area (Å²) in [5.41, 5.74) is 0. The van der Waals surface area contributed by atoms with Crippen molar-refractivity contribution in [2.24, 2.45) is 0 Å². The fourth-order valence-electron chi connectivity index (χ4n) is 2.59. The largest absolute Gasteiger partial charge is 0.382 e. The van der Waals surface area contributed by atoms with Crippen molar-refractivity contribution in [2.45, 2.75) is 32.1 Å². The fourth-order valence-corrected chi connectivity index (χ4v) is 2.59. The van der Waals surface area contributed by atoms with Crippen LogP contribution >= 0.6 is 0 Å². The monoisotopic (exact) mass is 463 g/mol. The molecule has 10 heteroatoms. The number of ether oxygens (including phenoxy) is 5. The molecule has 0 rings (SSSR count). The first kappa shape index (κ1) is 30.7. The Balaban J connectivity index is 3.38. The molecule has 10 nitrogen and oxygen atoms in total. The molecule has 0 fully saturated rings. The number of nitrogens with zero attached hydrogens (tertiary/aromatic N) is 1. The molecule has 0 bridgehead atoms. The van der Waals surface area contributed by atoms with Crippen molar-refractivity contribution >= 4 is 11.8 Å². The van der Waals surface area contributed by atoms with Gasteiger partial charge in [-0.1, -0.05) is 12.8 Å². The molecule has 0 aromatic heterocycles. The number of methoxy groups -OCH3 is 1. The Morgan fingerprint density at radius 2 is 1.34 bits per heavy atom. The van der Waals surface area contributed by atoms with Gasteiger partial charge in [0.25, 0.3) is 0 Å². The zero-order valence-corrected chi connectivity index (χ0v) is 20.3. The Kier molecular flexibility index (Phi) is 23.4. The topological polar surface area (TPSA) is 108 Å². The molecule has 0 radical (unpaired) electrons. The number of carbonyl (C=O) groups excluding carboxylic acids is 2. The number of carbonyl (C=O) groups is 2. The molecule has 0 aliphatic rings. The van der Waals surface area contributed by atoms with Gasteiger partial charge in [0.1, 0.15) is 13.2 Å². The van der Waals surface area contributed by atoms with Gasteiger partial charge in [-0.25, -0.2) is 0 Å². The van der Waals surface area contributed by atoms with Crippen molar-refractivity contribution in [1.82, 2.24) is 15.5 Å². The minimum absolute atomic E-state index is 0.0302. The molecule has 0 spiro atoms. The molecule has 0 heterocycles. The molecule has 32 heavy (non-hydrogen) atoms. The first-order valence-corrected chi connectivity index (χ1v) is 11.6. The lowest BCUT2D eigenvalue weighted by Crippen LogP contribution is -2.31. The third-order valence-electron chi connectivity index (χ3n) is 4.52. The normalized spacial score (nSPS) is 11.0. The summed E-state index contributed by atoms with van der Waals surface area (Å²) in [6.07, 6.45) is 5.04. The van der Waals surface area contributed by atoms with Gasteiger partial charge in [0.2, 0.25) is 11.8 Å². The third-order valence-corrected chi connectivity index (χ3v) is 4.52. The maximum absolute atomic E-state index is 12.0. The van der Waals surface area contributed by atoms with Crippen LogP contribution in [0.4, 0.5) is 0 Å². The molecule has 0 aliphatic heterocycles. The average molecular weight is 464 g/mol. The third kappa shape index (κ3) is 21.9. The number of likely N-dealkylation sites (N-methyl/N-ethyl adjacent to an activating group) is 1. The molecule has 0 unspecified atom stereocenters. The second kappa shape index (κ2) is 24.3. The number of nitrogens with one attached hydrogen (secondary N) is 2. The van der Waals surface area contributed by atoms with Gasteiger partial charge in [-0.2, -0.15) is 0 Å². The van der Waals surface area contributed by atoms with Gasteiger partial charge in [-0.05, 0) is 32.9 Å². The molecule has 0 atom stereocenters. The number of amides is 2. The van der Waals surface area contributed by atoms with Crippen LogP contribution in [0.2, 0.25) is 0 Å². The van der Waals surface area contributed by atoms with E-state index in [2.05, 4.69) is 10.6 Å². The van der Waals surface area contributed by atoms with Gasteiger partial charge in [0, 0.05) is 33.9 Å². The summed E-state index contributed by atoms with van der Waals surface area (Å²) in [6, 6.07) is 0. The predicted octanol–water partition coefficient (Wildman–Crippen LogP) is 0.444. The highest BCUT2D eigenvalue weighted by Crippen LogP contribution is 2.02. The van der Waals surface area contributed by atoms with Gasteiger partial charge in [0.15, 0.2) is 0 Å². The maximum Gasteiger partial charge on any atom is 0.248 e. The summed E-state index contributed by atoms with van der Waals surface area (Å²) >= 11 is 0. The smallest absolute Gasteiger partial charge is 0.248 e. The first-order valence-electron chi connectivity index (χ1n) is 11.6. The summed E-state index contributed by atoms with van der Waals surface area (Å²) in [5.74, 6) is -0.156. The number of rotatable bonds is 24. The van der Waals surface area contributed by atoms with Crippen LogP contribution in [0.3, 0.4) is 0 Å².